The highest BCUT2D eigenvalue weighted by Crippen LogP contribution is 2.13. The number of benzene rings is 1. The molecular weight excluding hydrogens is 272 g/mol. The Morgan fingerprint density at radius 2 is 2.05 bits per heavy atom. The minimum atomic E-state index is -0.165. The number of hydrogen-bond donors (Lipinski definition) is 2. The van der Waals surface area contributed by atoms with Crippen LogP contribution in [0.2, 0.25) is 0 Å². The van der Waals surface area contributed by atoms with E-state index in [0.29, 0.717) is 31.1 Å². The molecule has 20 heavy (non-hydrogen) atoms. The van der Waals surface area contributed by atoms with Crippen molar-refractivity contribution < 1.29 is 9.53 Å². The molecule has 0 atom stereocenters. The molecule has 0 unspecified atom stereocenters. The number of aryl methyl sites for hydroxylation is 2. The van der Waals surface area contributed by atoms with Crippen molar-refractivity contribution in [1.29, 1.82) is 0 Å². The summed E-state index contributed by atoms with van der Waals surface area (Å²) in [5.74, 6) is -0.165. The third-order valence-electron chi connectivity index (χ3n) is 2.91. The molecule has 2 N–H and O–H groups in total. The maximum atomic E-state index is 11.1. The lowest BCUT2D eigenvalue weighted by molar-refractivity contribution is -0.143. The van der Waals surface area contributed by atoms with Crippen molar-refractivity contribution in [3.05, 3.63) is 29.3 Å². The molecule has 5 heteroatoms. The Morgan fingerprint density at radius 3 is 2.70 bits per heavy atom. The number of rotatable bonds is 6. The summed E-state index contributed by atoms with van der Waals surface area (Å²) >= 11 is 5.20. The highest BCUT2D eigenvalue weighted by atomic mass is 32.1. The van der Waals surface area contributed by atoms with Gasteiger partial charge in [0.25, 0.3) is 0 Å². The molecule has 1 aromatic carbocycles. The van der Waals surface area contributed by atoms with Gasteiger partial charge in [0.2, 0.25) is 0 Å². The summed E-state index contributed by atoms with van der Waals surface area (Å²) in [6.45, 7) is 7.02. The third-order valence-corrected chi connectivity index (χ3v) is 3.16. The summed E-state index contributed by atoms with van der Waals surface area (Å²) < 4.78 is 4.85. The van der Waals surface area contributed by atoms with Crippen LogP contribution in [0.3, 0.4) is 0 Å². The van der Waals surface area contributed by atoms with Crippen LogP contribution in [0.4, 0.5) is 5.69 Å². The van der Waals surface area contributed by atoms with Gasteiger partial charge in [-0.15, -0.1) is 0 Å². The summed E-state index contributed by atoms with van der Waals surface area (Å²) in [5.41, 5.74) is 3.44. The lowest BCUT2D eigenvalue weighted by atomic mass is 10.1. The smallest absolute Gasteiger partial charge is 0.305 e. The van der Waals surface area contributed by atoms with E-state index in [2.05, 4.69) is 36.6 Å². The zero-order chi connectivity index (χ0) is 15.0. The molecular formula is C15H22N2O2S. The average Bonchev–Trinajstić information content (AvgIpc) is 2.39. The first-order chi connectivity index (χ1) is 9.52. The summed E-state index contributed by atoms with van der Waals surface area (Å²) in [5, 5.41) is 6.77. The van der Waals surface area contributed by atoms with Crippen molar-refractivity contribution in [2.45, 2.75) is 33.6 Å². The number of anilines is 1. The van der Waals surface area contributed by atoms with Crippen LogP contribution < -0.4 is 10.6 Å². The molecule has 0 amide bonds. The highest BCUT2D eigenvalue weighted by molar-refractivity contribution is 7.80. The van der Waals surface area contributed by atoms with Gasteiger partial charge in [-0.1, -0.05) is 6.07 Å². The van der Waals surface area contributed by atoms with Gasteiger partial charge >= 0.3 is 5.97 Å². The maximum absolute atomic E-state index is 11.1. The number of thiocarbonyl (C=S) groups is 1. The van der Waals surface area contributed by atoms with Gasteiger partial charge in [-0.05, 0) is 62.7 Å². The Hall–Kier alpha value is -1.62. The van der Waals surface area contributed by atoms with Gasteiger partial charge in [-0.3, -0.25) is 4.79 Å². The minimum absolute atomic E-state index is 0.165. The van der Waals surface area contributed by atoms with E-state index in [1.54, 1.807) is 6.92 Å². The summed E-state index contributed by atoms with van der Waals surface area (Å²) in [6.07, 6.45) is 1.11. The van der Waals surface area contributed by atoms with Crippen LogP contribution in [0.1, 0.15) is 30.9 Å². The monoisotopic (exact) mass is 294 g/mol. The standard InChI is InChI=1S/C15H22N2O2S/c1-4-19-14(18)6-5-9-16-15(20)17-13-8-7-11(2)12(3)10-13/h7-8,10H,4-6,9H2,1-3H3,(H2,16,17,20). The number of carbonyl (C=O) groups is 1. The SMILES string of the molecule is CCOC(=O)CCCNC(=S)Nc1ccc(C)c(C)c1. The van der Waals surface area contributed by atoms with Gasteiger partial charge in [0.15, 0.2) is 5.11 Å². The summed E-state index contributed by atoms with van der Waals surface area (Å²) in [4.78, 5) is 11.1. The largest absolute Gasteiger partial charge is 0.466 e. The quantitative estimate of drug-likeness (QED) is 0.480. The molecule has 0 aliphatic heterocycles. The van der Waals surface area contributed by atoms with Crippen molar-refractivity contribution in [2.75, 3.05) is 18.5 Å². The Bertz CT molecular complexity index is 475. The predicted octanol–water partition coefficient (Wildman–Crippen LogP) is 2.93. The molecule has 0 aromatic heterocycles. The summed E-state index contributed by atoms with van der Waals surface area (Å²) in [7, 11) is 0. The van der Waals surface area contributed by atoms with Gasteiger partial charge < -0.3 is 15.4 Å². The number of esters is 1. The van der Waals surface area contributed by atoms with Gasteiger partial charge in [-0.2, -0.15) is 0 Å². The van der Waals surface area contributed by atoms with Crippen LogP contribution in [0, 0.1) is 13.8 Å². The maximum Gasteiger partial charge on any atom is 0.305 e. The third kappa shape index (κ3) is 6.02. The average molecular weight is 294 g/mol. The van der Waals surface area contributed by atoms with Crippen LogP contribution in [0.5, 0.6) is 0 Å². The first-order valence-corrected chi connectivity index (χ1v) is 7.21. The lowest BCUT2D eigenvalue weighted by Gasteiger charge is -2.11. The fourth-order valence-electron chi connectivity index (χ4n) is 1.66. The zero-order valence-electron chi connectivity index (χ0n) is 12.3. The van der Waals surface area contributed by atoms with E-state index in [1.807, 2.05) is 6.07 Å². The van der Waals surface area contributed by atoms with Crippen LogP contribution in [0.15, 0.2) is 18.2 Å². The molecule has 0 aliphatic carbocycles. The highest BCUT2D eigenvalue weighted by Gasteiger charge is 2.02. The predicted molar refractivity (Wildman–Crippen MR) is 86.0 cm³/mol. The van der Waals surface area contributed by atoms with Gasteiger partial charge in [-0.25, -0.2) is 0 Å². The van der Waals surface area contributed by atoms with Crippen LogP contribution in [-0.4, -0.2) is 24.2 Å². The van der Waals surface area contributed by atoms with E-state index < -0.39 is 0 Å². The molecule has 0 aliphatic rings. The topological polar surface area (TPSA) is 50.4 Å². The number of carbonyl (C=O) groups excluding carboxylic acids is 1. The molecule has 1 rings (SSSR count). The molecule has 0 fully saturated rings. The van der Waals surface area contributed by atoms with Crippen molar-refractivity contribution in [2.24, 2.45) is 0 Å². The van der Waals surface area contributed by atoms with Gasteiger partial charge in [0.1, 0.15) is 0 Å². The van der Waals surface area contributed by atoms with Gasteiger partial charge in [0.05, 0.1) is 6.61 Å². The Kier molecular flexibility index (Phi) is 7.01. The van der Waals surface area contributed by atoms with E-state index in [4.69, 9.17) is 17.0 Å². The second-order valence-corrected chi connectivity index (χ2v) is 5.00. The normalized spacial score (nSPS) is 9.95. The molecule has 4 nitrogen and oxygen atoms in total. The van der Waals surface area contributed by atoms with Crippen molar-refractivity contribution >= 4 is 29.0 Å². The fourth-order valence-corrected chi connectivity index (χ4v) is 1.88. The number of nitrogens with one attached hydrogen (secondary N) is 2. The van der Waals surface area contributed by atoms with Crippen LogP contribution in [0.25, 0.3) is 0 Å². The molecule has 0 bridgehead atoms. The molecule has 1 aromatic rings. The summed E-state index contributed by atoms with van der Waals surface area (Å²) in [6, 6.07) is 6.11. The number of ether oxygens (including phenoxy) is 1. The Balaban J connectivity index is 2.26. The van der Waals surface area contributed by atoms with E-state index in [9.17, 15) is 4.79 Å². The molecule has 0 saturated carbocycles. The van der Waals surface area contributed by atoms with Crippen molar-refractivity contribution in [1.82, 2.24) is 5.32 Å². The number of hydrogen-bond acceptors (Lipinski definition) is 3. The molecule has 0 radical (unpaired) electrons. The minimum Gasteiger partial charge on any atom is -0.466 e. The second kappa shape index (κ2) is 8.53. The van der Waals surface area contributed by atoms with Crippen molar-refractivity contribution in [3.63, 3.8) is 0 Å². The first kappa shape index (κ1) is 16.4. The van der Waals surface area contributed by atoms with Crippen molar-refractivity contribution in [3.8, 4) is 0 Å². The Labute approximate surface area is 125 Å². The molecule has 110 valence electrons. The molecule has 0 spiro atoms. The van der Waals surface area contributed by atoms with Crippen LogP contribution >= 0.6 is 12.2 Å². The van der Waals surface area contributed by atoms with Gasteiger partial charge in [0, 0.05) is 18.7 Å². The second-order valence-electron chi connectivity index (χ2n) is 4.59. The van der Waals surface area contributed by atoms with E-state index >= 15 is 0 Å². The molecule has 0 heterocycles. The first-order valence-electron chi connectivity index (χ1n) is 6.80. The Morgan fingerprint density at radius 1 is 1.30 bits per heavy atom. The molecule has 0 saturated heterocycles. The van der Waals surface area contributed by atoms with E-state index in [-0.39, 0.29) is 5.97 Å². The van der Waals surface area contributed by atoms with Crippen LogP contribution in [-0.2, 0) is 9.53 Å². The van der Waals surface area contributed by atoms with E-state index in [0.717, 1.165) is 5.69 Å². The fraction of sp³-hybridized carbons (Fsp3) is 0.467. The zero-order valence-corrected chi connectivity index (χ0v) is 13.1. The van der Waals surface area contributed by atoms with E-state index in [1.165, 1.54) is 11.1 Å². The lowest BCUT2D eigenvalue weighted by Crippen LogP contribution is -2.29.